The molecule has 0 heterocycles. The predicted octanol–water partition coefficient (Wildman–Crippen LogP) is 2.25. The van der Waals surface area contributed by atoms with Gasteiger partial charge in [-0.15, -0.1) is 0 Å². The first-order chi connectivity index (χ1) is 8.17. The third-order valence-corrected chi connectivity index (χ3v) is 3.35. The molecule has 1 rings (SSSR count). The molecule has 4 heteroatoms. The number of benzene rings is 1. The van der Waals surface area contributed by atoms with E-state index in [1.807, 2.05) is 18.7 Å². The molecule has 94 valence electrons. The summed E-state index contributed by atoms with van der Waals surface area (Å²) < 4.78 is 1.23. The van der Waals surface area contributed by atoms with Crippen molar-refractivity contribution in [3.63, 3.8) is 0 Å². The van der Waals surface area contributed by atoms with Gasteiger partial charge in [-0.3, -0.25) is 4.79 Å². The van der Waals surface area contributed by atoms with Crippen LogP contribution in [0.1, 0.15) is 19.4 Å². The van der Waals surface area contributed by atoms with Crippen molar-refractivity contribution in [2.75, 3.05) is 19.6 Å². The zero-order valence-corrected chi connectivity index (χ0v) is 12.5. The van der Waals surface area contributed by atoms with Crippen molar-refractivity contribution in [3.05, 3.63) is 33.4 Å². The van der Waals surface area contributed by atoms with Crippen LogP contribution in [-0.4, -0.2) is 30.4 Å². The molecule has 0 saturated carbocycles. The van der Waals surface area contributed by atoms with Gasteiger partial charge in [-0.25, -0.2) is 0 Å². The first-order valence-electron chi connectivity index (χ1n) is 5.90. The lowest BCUT2D eigenvalue weighted by Crippen LogP contribution is -2.37. The normalized spacial score (nSPS) is 10.3. The minimum absolute atomic E-state index is 0.167. The molecular formula is C13H19IN2O. The number of amides is 1. The Kier molecular flexibility index (Phi) is 6.50. The summed E-state index contributed by atoms with van der Waals surface area (Å²) in [5.74, 6) is 0.167. The van der Waals surface area contributed by atoms with E-state index in [-0.39, 0.29) is 5.91 Å². The lowest BCUT2D eigenvalue weighted by molar-refractivity contribution is -0.129. The van der Waals surface area contributed by atoms with Crippen LogP contribution < -0.4 is 5.32 Å². The summed E-state index contributed by atoms with van der Waals surface area (Å²) in [5.41, 5.74) is 1.21. The summed E-state index contributed by atoms with van der Waals surface area (Å²) in [6.45, 7) is 6.71. The minimum atomic E-state index is 0.167. The Morgan fingerprint density at radius 3 is 2.35 bits per heavy atom. The van der Waals surface area contributed by atoms with Crippen molar-refractivity contribution in [1.29, 1.82) is 0 Å². The average molecular weight is 346 g/mol. The van der Waals surface area contributed by atoms with Crippen LogP contribution in [-0.2, 0) is 11.3 Å². The lowest BCUT2D eigenvalue weighted by Gasteiger charge is -2.18. The molecule has 0 spiro atoms. The van der Waals surface area contributed by atoms with Crippen LogP contribution >= 0.6 is 22.6 Å². The van der Waals surface area contributed by atoms with Gasteiger partial charge >= 0.3 is 0 Å². The van der Waals surface area contributed by atoms with E-state index in [4.69, 9.17) is 0 Å². The summed E-state index contributed by atoms with van der Waals surface area (Å²) >= 11 is 2.28. The van der Waals surface area contributed by atoms with Crippen molar-refractivity contribution in [2.24, 2.45) is 0 Å². The number of likely N-dealkylation sites (N-methyl/N-ethyl adjacent to an activating group) is 1. The van der Waals surface area contributed by atoms with E-state index >= 15 is 0 Å². The van der Waals surface area contributed by atoms with Crippen LogP contribution in [0.4, 0.5) is 0 Å². The molecule has 1 aromatic carbocycles. The van der Waals surface area contributed by atoms with Gasteiger partial charge in [0, 0.05) is 23.2 Å². The first-order valence-corrected chi connectivity index (χ1v) is 6.98. The molecule has 1 aromatic rings. The molecule has 1 amide bonds. The van der Waals surface area contributed by atoms with E-state index < -0.39 is 0 Å². The third kappa shape index (κ3) is 5.04. The number of hydrogen-bond donors (Lipinski definition) is 1. The van der Waals surface area contributed by atoms with Gasteiger partial charge in [0.05, 0.1) is 6.54 Å². The molecule has 0 fully saturated rings. The monoisotopic (exact) mass is 346 g/mol. The Morgan fingerprint density at radius 1 is 1.24 bits per heavy atom. The van der Waals surface area contributed by atoms with Crippen molar-refractivity contribution in [1.82, 2.24) is 10.2 Å². The molecule has 0 saturated heterocycles. The zero-order chi connectivity index (χ0) is 12.7. The van der Waals surface area contributed by atoms with Crippen molar-refractivity contribution in [3.8, 4) is 0 Å². The molecule has 0 aliphatic carbocycles. The number of carbonyl (C=O) groups excluding carboxylic acids is 1. The molecule has 0 aliphatic heterocycles. The van der Waals surface area contributed by atoms with Crippen LogP contribution in [0.15, 0.2) is 24.3 Å². The fourth-order valence-corrected chi connectivity index (χ4v) is 1.96. The summed E-state index contributed by atoms with van der Waals surface area (Å²) in [6, 6.07) is 8.31. The molecule has 0 radical (unpaired) electrons. The second-order valence-corrected chi connectivity index (χ2v) is 5.04. The number of halogens is 1. The van der Waals surface area contributed by atoms with E-state index in [0.717, 1.165) is 19.6 Å². The second-order valence-electron chi connectivity index (χ2n) is 3.80. The highest BCUT2D eigenvalue weighted by atomic mass is 127. The highest BCUT2D eigenvalue weighted by molar-refractivity contribution is 14.1. The van der Waals surface area contributed by atoms with Gasteiger partial charge < -0.3 is 10.2 Å². The van der Waals surface area contributed by atoms with E-state index in [0.29, 0.717) is 6.54 Å². The van der Waals surface area contributed by atoms with Crippen LogP contribution in [0.25, 0.3) is 0 Å². The molecule has 0 aromatic heterocycles. The van der Waals surface area contributed by atoms with Gasteiger partial charge in [0.15, 0.2) is 0 Å². The molecule has 0 aliphatic rings. The van der Waals surface area contributed by atoms with E-state index in [1.54, 1.807) is 0 Å². The standard InChI is InChI=1S/C13H19IN2O/c1-3-16(4-2)13(17)10-15-9-11-5-7-12(14)8-6-11/h5-8,15H,3-4,9-10H2,1-2H3. The number of hydrogen-bond acceptors (Lipinski definition) is 2. The summed E-state index contributed by atoms with van der Waals surface area (Å²) in [4.78, 5) is 13.5. The largest absolute Gasteiger partial charge is 0.342 e. The molecule has 0 bridgehead atoms. The topological polar surface area (TPSA) is 32.3 Å². The Balaban J connectivity index is 2.32. The number of rotatable bonds is 6. The molecule has 1 N–H and O–H groups in total. The SMILES string of the molecule is CCN(CC)C(=O)CNCc1ccc(I)cc1. The van der Waals surface area contributed by atoms with Gasteiger partial charge in [0.25, 0.3) is 0 Å². The van der Waals surface area contributed by atoms with Crippen LogP contribution in [0.5, 0.6) is 0 Å². The maximum absolute atomic E-state index is 11.7. The summed E-state index contributed by atoms with van der Waals surface area (Å²) in [5, 5.41) is 3.18. The second kappa shape index (κ2) is 7.66. The van der Waals surface area contributed by atoms with Crippen LogP contribution in [0.2, 0.25) is 0 Å². The van der Waals surface area contributed by atoms with Crippen molar-refractivity contribution in [2.45, 2.75) is 20.4 Å². The Bertz CT molecular complexity index is 347. The first kappa shape index (κ1) is 14.4. The van der Waals surface area contributed by atoms with Crippen molar-refractivity contribution < 1.29 is 4.79 Å². The van der Waals surface area contributed by atoms with Gasteiger partial charge in [-0.2, -0.15) is 0 Å². The van der Waals surface area contributed by atoms with E-state index in [2.05, 4.69) is 52.2 Å². The van der Waals surface area contributed by atoms with Gasteiger partial charge in [0.1, 0.15) is 0 Å². The number of nitrogens with zero attached hydrogens (tertiary/aromatic N) is 1. The van der Waals surface area contributed by atoms with Crippen molar-refractivity contribution >= 4 is 28.5 Å². The maximum atomic E-state index is 11.7. The lowest BCUT2D eigenvalue weighted by atomic mass is 10.2. The highest BCUT2D eigenvalue weighted by Gasteiger charge is 2.07. The summed E-state index contributed by atoms with van der Waals surface area (Å²) in [6.07, 6.45) is 0. The Morgan fingerprint density at radius 2 is 1.82 bits per heavy atom. The highest BCUT2D eigenvalue weighted by Crippen LogP contribution is 2.06. The fraction of sp³-hybridized carbons (Fsp3) is 0.462. The van der Waals surface area contributed by atoms with E-state index in [9.17, 15) is 4.79 Å². The Hall–Kier alpha value is -0.620. The fourth-order valence-electron chi connectivity index (χ4n) is 1.60. The predicted molar refractivity (Wildman–Crippen MR) is 78.8 cm³/mol. The molecule has 0 unspecified atom stereocenters. The zero-order valence-electron chi connectivity index (χ0n) is 10.4. The maximum Gasteiger partial charge on any atom is 0.236 e. The third-order valence-electron chi connectivity index (χ3n) is 2.63. The number of carbonyl (C=O) groups is 1. The molecule has 3 nitrogen and oxygen atoms in total. The van der Waals surface area contributed by atoms with Gasteiger partial charge in [-0.1, -0.05) is 12.1 Å². The van der Waals surface area contributed by atoms with Gasteiger partial charge in [-0.05, 0) is 54.1 Å². The molecule has 0 atom stereocenters. The van der Waals surface area contributed by atoms with Gasteiger partial charge in [0.2, 0.25) is 5.91 Å². The molecule has 17 heavy (non-hydrogen) atoms. The average Bonchev–Trinajstić information content (AvgIpc) is 2.33. The Labute approximate surface area is 117 Å². The van der Waals surface area contributed by atoms with E-state index in [1.165, 1.54) is 9.13 Å². The smallest absolute Gasteiger partial charge is 0.236 e. The van der Waals surface area contributed by atoms with Crippen LogP contribution in [0, 0.1) is 3.57 Å². The number of nitrogens with one attached hydrogen (secondary N) is 1. The quantitative estimate of drug-likeness (QED) is 0.802. The summed E-state index contributed by atoms with van der Waals surface area (Å²) in [7, 11) is 0. The minimum Gasteiger partial charge on any atom is -0.342 e. The van der Waals surface area contributed by atoms with Crippen LogP contribution in [0.3, 0.4) is 0 Å². The molecular weight excluding hydrogens is 327 g/mol.